The van der Waals surface area contributed by atoms with Crippen molar-refractivity contribution in [2.45, 2.75) is 52.7 Å². The van der Waals surface area contributed by atoms with Gasteiger partial charge in [-0.05, 0) is 55.0 Å². The van der Waals surface area contributed by atoms with E-state index in [9.17, 15) is 19.5 Å². The van der Waals surface area contributed by atoms with Crippen LogP contribution in [0.5, 0.6) is 5.75 Å². The first-order valence-corrected chi connectivity index (χ1v) is 12.4. The van der Waals surface area contributed by atoms with Gasteiger partial charge in [0.05, 0.1) is 12.5 Å². The normalized spacial score (nSPS) is 21.4. The number of amides is 1. The average molecular weight is 536 g/mol. The smallest absolute Gasteiger partial charge is 0.326 e. The average Bonchev–Trinajstić information content (AvgIpc) is 3.08. The molecule has 1 fully saturated rings. The standard InChI is InChI=1S/C27H31Cl2NO6/c1-26(2)19(12-13-27(26,3)25(34)35-4)23(31)30-22(24(32)33)14-16-8-10-17(11-9-16)36-15-18-20(28)6-5-7-21(18)29/h5-11,19,22H,12-15H2,1-4H3,(H,30,31)(H,32,33)/t19-,22+,27+/m1/s1. The minimum absolute atomic E-state index is 0.0963. The highest BCUT2D eigenvalue weighted by Gasteiger charge is 2.58. The lowest BCUT2D eigenvalue weighted by Gasteiger charge is -2.39. The van der Waals surface area contributed by atoms with Gasteiger partial charge in [0, 0.05) is 27.9 Å². The van der Waals surface area contributed by atoms with E-state index in [4.69, 9.17) is 32.7 Å². The predicted molar refractivity (Wildman–Crippen MR) is 137 cm³/mol. The van der Waals surface area contributed by atoms with Crippen molar-refractivity contribution in [2.75, 3.05) is 7.11 Å². The monoisotopic (exact) mass is 535 g/mol. The first-order valence-electron chi connectivity index (χ1n) is 11.7. The summed E-state index contributed by atoms with van der Waals surface area (Å²) in [5.41, 5.74) is -0.129. The van der Waals surface area contributed by atoms with Gasteiger partial charge in [0.25, 0.3) is 0 Å². The summed E-state index contributed by atoms with van der Waals surface area (Å²) in [5, 5.41) is 13.5. The van der Waals surface area contributed by atoms with Crippen molar-refractivity contribution in [3.63, 3.8) is 0 Å². The molecule has 0 heterocycles. The van der Waals surface area contributed by atoms with Gasteiger partial charge in [0.2, 0.25) is 5.91 Å². The van der Waals surface area contributed by atoms with E-state index < -0.39 is 28.8 Å². The molecule has 7 nitrogen and oxygen atoms in total. The summed E-state index contributed by atoms with van der Waals surface area (Å²) in [6, 6.07) is 11.1. The molecule has 9 heteroatoms. The molecular weight excluding hydrogens is 505 g/mol. The summed E-state index contributed by atoms with van der Waals surface area (Å²) >= 11 is 12.4. The van der Waals surface area contributed by atoms with Gasteiger partial charge in [0.15, 0.2) is 0 Å². The number of carbonyl (C=O) groups excluding carboxylic acids is 2. The van der Waals surface area contributed by atoms with E-state index in [-0.39, 0.29) is 24.9 Å². The second kappa shape index (κ2) is 11.1. The Kier molecular flexibility index (Phi) is 8.57. The Bertz CT molecular complexity index is 1110. The first-order chi connectivity index (χ1) is 16.9. The Morgan fingerprint density at radius 2 is 1.69 bits per heavy atom. The van der Waals surface area contributed by atoms with Crippen LogP contribution in [-0.4, -0.2) is 36.1 Å². The highest BCUT2D eigenvalue weighted by atomic mass is 35.5. The van der Waals surface area contributed by atoms with Gasteiger partial charge >= 0.3 is 11.9 Å². The molecule has 1 amide bonds. The van der Waals surface area contributed by atoms with Crippen LogP contribution in [0.15, 0.2) is 42.5 Å². The number of aliphatic carboxylic acids is 1. The van der Waals surface area contributed by atoms with E-state index in [0.717, 1.165) is 5.56 Å². The van der Waals surface area contributed by atoms with Gasteiger partial charge in [0.1, 0.15) is 18.4 Å². The number of carboxylic acid groups (broad SMARTS) is 1. The van der Waals surface area contributed by atoms with Gasteiger partial charge in [-0.3, -0.25) is 9.59 Å². The van der Waals surface area contributed by atoms with Gasteiger partial charge < -0.3 is 19.9 Å². The number of carboxylic acids is 1. The lowest BCUT2D eigenvalue weighted by atomic mass is 9.65. The summed E-state index contributed by atoms with van der Waals surface area (Å²) in [6.07, 6.45) is 1.06. The molecule has 0 aromatic heterocycles. The lowest BCUT2D eigenvalue weighted by molar-refractivity contribution is -0.159. The Hall–Kier alpha value is -2.77. The molecule has 2 aromatic rings. The largest absolute Gasteiger partial charge is 0.489 e. The third-order valence-electron chi connectivity index (χ3n) is 7.60. The third-order valence-corrected chi connectivity index (χ3v) is 8.31. The van der Waals surface area contributed by atoms with Crippen LogP contribution in [0, 0.1) is 16.7 Å². The minimum Gasteiger partial charge on any atom is -0.489 e. The van der Waals surface area contributed by atoms with E-state index in [1.165, 1.54) is 7.11 Å². The van der Waals surface area contributed by atoms with Crippen LogP contribution in [0.4, 0.5) is 0 Å². The summed E-state index contributed by atoms with van der Waals surface area (Å²) in [5.74, 6) is -1.83. The zero-order valence-electron chi connectivity index (χ0n) is 20.8. The molecular formula is C27H31Cl2NO6. The first kappa shape index (κ1) is 27.8. The topological polar surface area (TPSA) is 102 Å². The number of esters is 1. The van der Waals surface area contributed by atoms with Crippen molar-refractivity contribution in [3.8, 4) is 5.75 Å². The molecule has 1 saturated carbocycles. The summed E-state index contributed by atoms with van der Waals surface area (Å²) in [4.78, 5) is 37.5. The fraction of sp³-hybridized carbons (Fsp3) is 0.444. The molecule has 0 radical (unpaired) electrons. The van der Waals surface area contributed by atoms with Gasteiger partial charge in [-0.1, -0.05) is 55.2 Å². The molecule has 0 unspecified atom stereocenters. The number of benzene rings is 2. The molecule has 0 bridgehead atoms. The zero-order chi connectivity index (χ0) is 26.7. The van der Waals surface area contributed by atoms with E-state index in [2.05, 4.69) is 5.32 Å². The quantitative estimate of drug-likeness (QED) is 0.422. The van der Waals surface area contributed by atoms with Crippen LogP contribution in [0.1, 0.15) is 44.7 Å². The number of carbonyl (C=O) groups is 3. The van der Waals surface area contributed by atoms with Crippen molar-refractivity contribution in [2.24, 2.45) is 16.7 Å². The number of methoxy groups -OCH3 is 1. The summed E-state index contributed by atoms with van der Waals surface area (Å²) in [7, 11) is 1.33. The number of halogens is 2. The molecule has 36 heavy (non-hydrogen) atoms. The van der Waals surface area contributed by atoms with E-state index >= 15 is 0 Å². The van der Waals surface area contributed by atoms with Gasteiger partial charge in [-0.15, -0.1) is 0 Å². The maximum Gasteiger partial charge on any atom is 0.326 e. The van der Waals surface area contributed by atoms with Crippen molar-refractivity contribution in [3.05, 3.63) is 63.6 Å². The fourth-order valence-electron chi connectivity index (χ4n) is 4.81. The van der Waals surface area contributed by atoms with Gasteiger partial charge in [-0.2, -0.15) is 0 Å². The van der Waals surface area contributed by atoms with E-state index in [1.54, 1.807) is 49.4 Å². The number of nitrogens with one attached hydrogen (secondary N) is 1. The van der Waals surface area contributed by atoms with E-state index in [1.807, 2.05) is 13.8 Å². The Morgan fingerprint density at radius 1 is 1.08 bits per heavy atom. The highest BCUT2D eigenvalue weighted by Crippen LogP contribution is 2.56. The van der Waals surface area contributed by atoms with Crippen LogP contribution in [0.25, 0.3) is 0 Å². The molecule has 194 valence electrons. The number of hydrogen-bond acceptors (Lipinski definition) is 5. The van der Waals surface area contributed by atoms with Crippen LogP contribution in [0.2, 0.25) is 10.0 Å². The number of rotatable bonds is 9. The predicted octanol–water partition coefficient (Wildman–Crippen LogP) is 5.30. The fourth-order valence-corrected chi connectivity index (χ4v) is 5.31. The van der Waals surface area contributed by atoms with E-state index in [0.29, 0.717) is 34.2 Å². The molecule has 2 aromatic carbocycles. The van der Waals surface area contributed by atoms with Crippen LogP contribution in [-0.2, 0) is 32.1 Å². The highest BCUT2D eigenvalue weighted by molar-refractivity contribution is 6.35. The molecule has 0 aliphatic heterocycles. The lowest BCUT2D eigenvalue weighted by Crippen LogP contribution is -2.50. The second-order valence-electron chi connectivity index (χ2n) is 9.87. The third kappa shape index (κ3) is 5.62. The maximum atomic E-state index is 13.1. The van der Waals surface area contributed by atoms with Crippen LogP contribution >= 0.6 is 23.2 Å². The van der Waals surface area contributed by atoms with Crippen molar-refractivity contribution in [1.82, 2.24) is 5.32 Å². The van der Waals surface area contributed by atoms with Crippen molar-refractivity contribution < 1.29 is 29.0 Å². The number of ether oxygens (including phenoxy) is 2. The Morgan fingerprint density at radius 3 is 2.25 bits per heavy atom. The summed E-state index contributed by atoms with van der Waals surface area (Å²) < 4.78 is 10.7. The van der Waals surface area contributed by atoms with Crippen molar-refractivity contribution in [1.29, 1.82) is 0 Å². The van der Waals surface area contributed by atoms with Crippen LogP contribution < -0.4 is 10.1 Å². The summed E-state index contributed by atoms with van der Waals surface area (Å²) in [6.45, 7) is 5.69. The zero-order valence-corrected chi connectivity index (χ0v) is 22.3. The maximum absolute atomic E-state index is 13.1. The molecule has 0 spiro atoms. The molecule has 1 aliphatic rings. The minimum atomic E-state index is -1.14. The Labute approximate surface area is 221 Å². The van der Waals surface area contributed by atoms with Gasteiger partial charge in [-0.25, -0.2) is 4.79 Å². The molecule has 2 N–H and O–H groups in total. The second-order valence-corrected chi connectivity index (χ2v) is 10.7. The van der Waals surface area contributed by atoms with Crippen molar-refractivity contribution >= 4 is 41.0 Å². The SMILES string of the molecule is COC(=O)[C@]1(C)CC[C@H](C(=O)N[C@@H](Cc2ccc(OCc3c(Cl)cccc3Cl)cc2)C(=O)O)C1(C)C. The molecule has 1 aliphatic carbocycles. The Balaban J connectivity index is 1.64. The molecule has 3 rings (SSSR count). The molecule has 3 atom stereocenters. The number of hydrogen-bond donors (Lipinski definition) is 2. The van der Waals surface area contributed by atoms with Crippen LogP contribution in [0.3, 0.4) is 0 Å². The molecule has 0 saturated heterocycles.